The number of aliphatic hydroxyl groups excluding tert-OH is 1. The minimum Gasteiger partial charge on any atom is -0.392 e. The first kappa shape index (κ1) is 16.4. The van der Waals surface area contributed by atoms with Gasteiger partial charge in [0.1, 0.15) is 5.75 Å². The molecule has 0 bridgehead atoms. The van der Waals surface area contributed by atoms with Crippen LogP contribution in [0.15, 0.2) is 48.5 Å². The van der Waals surface area contributed by atoms with Crippen molar-refractivity contribution in [3.63, 3.8) is 0 Å². The number of Topliss-reactive ketones (excluding diaryl/α,β-unsaturated/α-hetero) is 1. The Morgan fingerprint density at radius 3 is 2.05 bits per heavy atom. The van der Waals surface area contributed by atoms with Gasteiger partial charge in [-0.3, -0.25) is 4.79 Å². The van der Waals surface area contributed by atoms with Gasteiger partial charge in [-0.15, -0.1) is 0 Å². The zero-order chi connectivity index (χ0) is 16.2. The van der Waals surface area contributed by atoms with Gasteiger partial charge in [0, 0.05) is 5.56 Å². The van der Waals surface area contributed by atoms with Crippen LogP contribution in [0.1, 0.15) is 27.0 Å². The predicted molar refractivity (Wildman–Crippen MR) is 85.4 cm³/mol. The van der Waals surface area contributed by atoms with Crippen molar-refractivity contribution in [2.75, 3.05) is 5.75 Å². The van der Waals surface area contributed by atoms with Crippen molar-refractivity contribution in [3.05, 3.63) is 70.8 Å². The second-order valence-corrected chi connectivity index (χ2v) is 7.36. The van der Waals surface area contributed by atoms with Crippen LogP contribution >= 0.6 is 0 Å². The van der Waals surface area contributed by atoms with Gasteiger partial charge >= 0.3 is 0 Å². The van der Waals surface area contributed by atoms with Crippen LogP contribution in [0.4, 0.5) is 0 Å². The summed E-state index contributed by atoms with van der Waals surface area (Å²) in [6.45, 7) is 1.82. The summed E-state index contributed by atoms with van der Waals surface area (Å²) in [6, 6.07) is 13.5. The van der Waals surface area contributed by atoms with E-state index in [1.165, 1.54) is 0 Å². The molecule has 0 amide bonds. The van der Waals surface area contributed by atoms with E-state index in [1.54, 1.807) is 48.5 Å². The van der Waals surface area contributed by atoms with Crippen molar-refractivity contribution < 1.29 is 18.3 Å². The molecule has 22 heavy (non-hydrogen) atoms. The molecule has 0 atom stereocenters. The third-order valence-electron chi connectivity index (χ3n) is 3.32. The van der Waals surface area contributed by atoms with E-state index in [4.69, 9.17) is 5.11 Å². The van der Waals surface area contributed by atoms with Gasteiger partial charge in [-0.1, -0.05) is 54.1 Å². The predicted octanol–water partition coefficient (Wildman–Crippen LogP) is 2.29. The SMILES string of the molecule is Cc1ccc(C(=O)CS(=O)(=O)Cc2ccc(CO)cc2)cc1. The summed E-state index contributed by atoms with van der Waals surface area (Å²) in [6.07, 6.45) is 0. The molecule has 0 saturated carbocycles. The van der Waals surface area contributed by atoms with E-state index >= 15 is 0 Å². The van der Waals surface area contributed by atoms with Gasteiger partial charge in [-0.25, -0.2) is 8.42 Å². The number of sulfone groups is 1. The average molecular weight is 318 g/mol. The number of carbonyl (C=O) groups is 1. The van der Waals surface area contributed by atoms with E-state index in [0.29, 0.717) is 11.1 Å². The number of carbonyl (C=O) groups excluding carboxylic acids is 1. The second-order valence-electron chi connectivity index (χ2n) is 5.30. The summed E-state index contributed by atoms with van der Waals surface area (Å²) >= 11 is 0. The molecule has 0 unspecified atom stereocenters. The highest BCUT2D eigenvalue weighted by Crippen LogP contribution is 2.11. The molecule has 0 aliphatic rings. The average Bonchev–Trinajstić information content (AvgIpc) is 2.47. The van der Waals surface area contributed by atoms with Crippen LogP contribution in [-0.4, -0.2) is 25.1 Å². The monoisotopic (exact) mass is 318 g/mol. The maximum atomic E-state index is 12.1. The number of aliphatic hydroxyl groups is 1. The Balaban J connectivity index is 2.06. The molecular formula is C17H18O4S. The van der Waals surface area contributed by atoms with E-state index in [0.717, 1.165) is 11.1 Å². The quantitative estimate of drug-likeness (QED) is 0.830. The lowest BCUT2D eigenvalue weighted by atomic mass is 10.1. The first-order valence-corrected chi connectivity index (χ1v) is 8.71. The highest BCUT2D eigenvalue weighted by Gasteiger charge is 2.18. The number of rotatable bonds is 6. The van der Waals surface area contributed by atoms with Crippen molar-refractivity contribution in [1.29, 1.82) is 0 Å². The zero-order valence-electron chi connectivity index (χ0n) is 12.3. The van der Waals surface area contributed by atoms with Crippen LogP contribution in [0.2, 0.25) is 0 Å². The fourth-order valence-corrected chi connectivity index (χ4v) is 3.44. The molecule has 4 nitrogen and oxygen atoms in total. The summed E-state index contributed by atoms with van der Waals surface area (Å²) < 4.78 is 24.3. The Morgan fingerprint density at radius 1 is 0.955 bits per heavy atom. The molecule has 2 aromatic rings. The number of ketones is 1. The van der Waals surface area contributed by atoms with Crippen LogP contribution in [-0.2, 0) is 22.2 Å². The van der Waals surface area contributed by atoms with Gasteiger partial charge in [0.2, 0.25) is 0 Å². The molecule has 0 spiro atoms. The summed E-state index contributed by atoms with van der Waals surface area (Å²) in [5.41, 5.74) is 2.75. The van der Waals surface area contributed by atoms with E-state index in [1.807, 2.05) is 6.92 Å². The largest absolute Gasteiger partial charge is 0.392 e. The van der Waals surface area contributed by atoms with Crippen molar-refractivity contribution in [2.45, 2.75) is 19.3 Å². The Morgan fingerprint density at radius 2 is 1.50 bits per heavy atom. The summed E-state index contributed by atoms with van der Waals surface area (Å²) in [5.74, 6) is -1.08. The number of aryl methyl sites for hydroxylation is 1. The highest BCUT2D eigenvalue weighted by molar-refractivity contribution is 7.91. The van der Waals surface area contributed by atoms with Crippen molar-refractivity contribution in [1.82, 2.24) is 0 Å². The van der Waals surface area contributed by atoms with Gasteiger partial charge < -0.3 is 5.11 Å². The fraction of sp³-hybridized carbons (Fsp3) is 0.235. The van der Waals surface area contributed by atoms with Crippen molar-refractivity contribution in [2.24, 2.45) is 0 Å². The molecule has 5 heteroatoms. The third-order valence-corrected chi connectivity index (χ3v) is 4.79. The molecule has 0 saturated heterocycles. The highest BCUT2D eigenvalue weighted by atomic mass is 32.2. The molecule has 116 valence electrons. The normalized spacial score (nSPS) is 11.4. The Hall–Kier alpha value is -1.98. The first-order chi connectivity index (χ1) is 10.4. The van der Waals surface area contributed by atoms with E-state index in [9.17, 15) is 13.2 Å². The standard InChI is InChI=1S/C17H18O4S/c1-13-2-8-16(9-3-13)17(19)12-22(20,21)11-15-6-4-14(10-18)5-7-15/h2-9,18H,10-12H2,1H3. The molecule has 0 aromatic heterocycles. The molecule has 0 aliphatic carbocycles. The van der Waals surface area contributed by atoms with Crippen LogP contribution in [0.5, 0.6) is 0 Å². The molecule has 2 rings (SSSR count). The summed E-state index contributed by atoms with van der Waals surface area (Å²) in [7, 11) is -3.52. The minimum absolute atomic E-state index is 0.0844. The minimum atomic E-state index is -3.52. The lowest BCUT2D eigenvalue weighted by Crippen LogP contribution is -2.18. The lowest BCUT2D eigenvalue weighted by molar-refractivity contribution is 0.102. The molecule has 0 radical (unpaired) electrons. The van der Waals surface area contributed by atoms with E-state index < -0.39 is 21.4 Å². The molecule has 0 heterocycles. The molecule has 0 fully saturated rings. The van der Waals surface area contributed by atoms with Crippen LogP contribution in [0.3, 0.4) is 0 Å². The van der Waals surface area contributed by atoms with Gasteiger partial charge in [0.25, 0.3) is 0 Å². The van der Waals surface area contributed by atoms with Crippen LogP contribution in [0, 0.1) is 6.92 Å². The maximum Gasteiger partial charge on any atom is 0.177 e. The van der Waals surface area contributed by atoms with Crippen molar-refractivity contribution in [3.8, 4) is 0 Å². The van der Waals surface area contributed by atoms with E-state index in [2.05, 4.69) is 0 Å². The third kappa shape index (κ3) is 4.51. The fourth-order valence-electron chi connectivity index (χ4n) is 2.07. The van der Waals surface area contributed by atoms with Gasteiger partial charge in [-0.2, -0.15) is 0 Å². The number of hydrogen-bond donors (Lipinski definition) is 1. The topological polar surface area (TPSA) is 71.4 Å². The van der Waals surface area contributed by atoms with Crippen LogP contribution in [0.25, 0.3) is 0 Å². The summed E-state index contributed by atoms with van der Waals surface area (Å²) in [4.78, 5) is 12.1. The molecule has 2 aromatic carbocycles. The lowest BCUT2D eigenvalue weighted by Gasteiger charge is -2.05. The van der Waals surface area contributed by atoms with Gasteiger partial charge in [0.15, 0.2) is 15.6 Å². The Labute approximate surface area is 130 Å². The smallest absolute Gasteiger partial charge is 0.177 e. The zero-order valence-corrected chi connectivity index (χ0v) is 13.1. The van der Waals surface area contributed by atoms with E-state index in [-0.39, 0.29) is 12.4 Å². The van der Waals surface area contributed by atoms with Crippen molar-refractivity contribution >= 4 is 15.6 Å². The van der Waals surface area contributed by atoms with Gasteiger partial charge in [0.05, 0.1) is 12.4 Å². The van der Waals surface area contributed by atoms with Gasteiger partial charge in [-0.05, 0) is 18.1 Å². The molecular weight excluding hydrogens is 300 g/mol. The molecule has 1 N–H and O–H groups in total. The first-order valence-electron chi connectivity index (χ1n) is 6.88. The second kappa shape index (κ2) is 6.85. The Bertz CT molecular complexity index is 744. The summed E-state index contributed by atoms with van der Waals surface area (Å²) in [5, 5.41) is 8.96. The van der Waals surface area contributed by atoms with Crippen LogP contribution < -0.4 is 0 Å². The number of benzene rings is 2. The molecule has 0 aliphatic heterocycles. The maximum absolute atomic E-state index is 12.1. The Kier molecular flexibility index (Phi) is 5.11. The number of hydrogen-bond acceptors (Lipinski definition) is 4.